The Bertz CT molecular complexity index is 1050. The maximum atomic E-state index is 12.9. The Balaban J connectivity index is 0.000000325. The number of aromatic nitrogens is 1. The van der Waals surface area contributed by atoms with Gasteiger partial charge in [-0.25, -0.2) is 0 Å². The summed E-state index contributed by atoms with van der Waals surface area (Å²) in [5, 5.41) is 0. The van der Waals surface area contributed by atoms with Gasteiger partial charge in [-0.1, -0.05) is 43.3 Å². The lowest BCUT2D eigenvalue weighted by atomic mass is 9.85. The Morgan fingerprint density at radius 2 is 1.81 bits per heavy atom. The van der Waals surface area contributed by atoms with Crippen LogP contribution >= 0.6 is 0 Å². The average molecular weight is 414 g/mol. The van der Waals surface area contributed by atoms with E-state index in [-0.39, 0.29) is 5.91 Å². The Labute approximate surface area is 185 Å². The SMILES string of the molecule is CCc1ncccc1C(=O)N1CCC(c2cc(CN)ccc2C)CC1.c1cc2cc-2c1. The number of nitrogens with zero attached hydrogens (tertiary/aromatic N) is 2. The lowest BCUT2D eigenvalue weighted by Gasteiger charge is -2.33. The maximum Gasteiger partial charge on any atom is 0.255 e. The molecular formula is C27H31N3O. The van der Waals surface area contributed by atoms with E-state index < -0.39 is 0 Å². The average Bonchev–Trinajstić information content (AvgIpc) is 3.43. The van der Waals surface area contributed by atoms with Gasteiger partial charge in [-0.3, -0.25) is 9.78 Å². The van der Waals surface area contributed by atoms with E-state index in [1.165, 1.54) is 27.8 Å². The lowest BCUT2D eigenvalue weighted by molar-refractivity contribution is 0.0711. The summed E-state index contributed by atoms with van der Waals surface area (Å²) in [6.45, 7) is 6.38. The highest BCUT2D eigenvalue weighted by atomic mass is 16.2. The number of carbonyl (C=O) groups is 1. The molecule has 2 aliphatic carbocycles. The molecule has 2 N–H and O–H groups in total. The maximum absolute atomic E-state index is 12.9. The molecule has 1 aliphatic heterocycles. The van der Waals surface area contributed by atoms with Crippen LogP contribution in [0.3, 0.4) is 0 Å². The number of aryl methyl sites for hydroxylation is 2. The van der Waals surface area contributed by atoms with Crippen molar-refractivity contribution in [2.24, 2.45) is 5.73 Å². The van der Waals surface area contributed by atoms with Crippen molar-refractivity contribution < 1.29 is 4.79 Å². The molecule has 4 nitrogen and oxygen atoms in total. The number of fused-ring (bicyclic) bond motifs is 1. The van der Waals surface area contributed by atoms with E-state index >= 15 is 0 Å². The fraction of sp³-hybridized carbons (Fsp3) is 0.333. The standard InChI is InChI=1S/C21H27N3O.C6H4/c1-3-20-18(5-4-10-23-20)21(25)24-11-8-17(9-12-24)19-13-16(14-22)7-6-15(19)2;1-2-5-4-6(5)3-1/h4-7,10,13,17H,3,8-9,11-12,14,22H2,1-2H3;1-4H. The quantitative estimate of drug-likeness (QED) is 0.506. The van der Waals surface area contributed by atoms with Crippen molar-refractivity contribution in [3.05, 3.63) is 88.7 Å². The van der Waals surface area contributed by atoms with Gasteiger partial charge >= 0.3 is 0 Å². The molecule has 0 unspecified atom stereocenters. The molecule has 2 aromatic rings. The third-order valence-electron chi connectivity index (χ3n) is 6.37. The smallest absolute Gasteiger partial charge is 0.255 e. The Morgan fingerprint density at radius 1 is 1.06 bits per heavy atom. The zero-order valence-corrected chi connectivity index (χ0v) is 18.5. The van der Waals surface area contributed by atoms with Crippen LogP contribution in [0.25, 0.3) is 11.1 Å². The molecule has 0 saturated carbocycles. The van der Waals surface area contributed by atoms with Crippen molar-refractivity contribution in [1.82, 2.24) is 9.88 Å². The van der Waals surface area contributed by atoms with Crippen LogP contribution in [0.2, 0.25) is 0 Å². The molecule has 0 atom stereocenters. The second kappa shape index (κ2) is 9.44. The van der Waals surface area contributed by atoms with Gasteiger partial charge in [0.1, 0.15) is 0 Å². The van der Waals surface area contributed by atoms with Crippen LogP contribution in [0.4, 0.5) is 0 Å². The van der Waals surface area contributed by atoms with Gasteiger partial charge in [-0.05, 0) is 78.1 Å². The molecule has 31 heavy (non-hydrogen) atoms. The molecule has 5 rings (SSSR count). The molecule has 2 heterocycles. The van der Waals surface area contributed by atoms with E-state index in [0.29, 0.717) is 12.5 Å². The van der Waals surface area contributed by atoms with E-state index in [0.717, 1.165) is 43.6 Å². The van der Waals surface area contributed by atoms with Crippen LogP contribution in [0.1, 0.15) is 58.4 Å². The van der Waals surface area contributed by atoms with Gasteiger partial charge in [-0.2, -0.15) is 0 Å². The van der Waals surface area contributed by atoms with Gasteiger partial charge in [0.05, 0.1) is 11.3 Å². The van der Waals surface area contributed by atoms with E-state index in [1.54, 1.807) is 6.20 Å². The summed E-state index contributed by atoms with van der Waals surface area (Å²) in [6.07, 6.45) is 4.54. The van der Waals surface area contributed by atoms with Crippen LogP contribution < -0.4 is 5.73 Å². The van der Waals surface area contributed by atoms with Crippen LogP contribution in [0.15, 0.2) is 60.8 Å². The minimum absolute atomic E-state index is 0.121. The molecule has 0 radical (unpaired) electrons. The van der Waals surface area contributed by atoms with E-state index in [2.05, 4.69) is 54.4 Å². The number of hydrogen-bond acceptors (Lipinski definition) is 3. The zero-order chi connectivity index (χ0) is 21.8. The minimum atomic E-state index is 0.121. The summed E-state index contributed by atoms with van der Waals surface area (Å²) in [7, 11) is 0. The molecule has 1 aromatic heterocycles. The summed E-state index contributed by atoms with van der Waals surface area (Å²) in [4.78, 5) is 19.2. The van der Waals surface area contributed by atoms with E-state index in [1.807, 2.05) is 24.0 Å². The first-order valence-electron chi connectivity index (χ1n) is 11.2. The van der Waals surface area contributed by atoms with E-state index in [4.69, 9.17) is 5.73 Å². The number of hydrogen-bond donors (Lipinski definition) is 1. The first-order valence-corrected chi connectivity index (χ1v) is 11.2. The summed E-state index contributed by atoms with van der Waals surface area (Å²) >= 11 is 0. The lowest BCUT2D eigenvalue weighted by Crippen LogP contribution is -2.38. The number of carbonyl (C=O) groups excluding carboxylic acids is 1. The second-order valence-corrected chi connectivity index (χ2v) is 8.39. The Morgan fingerprint density at radius 3 is 2.39 bits per heavy atom. The van der Waals surface area contributed by atoms with Gasteiger partial charge in [0.25, 0.3) is 5.91 Å². The highest BCUT2D eigenvalue weighted by Gasteiger charge is 2.26. The fourth-order valence-corrected chi connectivity index (χ4v) is 4.41. The molecule has 1 amide bonds. The number of benzene rings is 2. The summed E-state index contributed by atoms with van der Waals surface area (Å²) in [5.41, 5.74) is 14.2. The number of nitrogens with two attached hydrogens (primary N) is 1. The predicted octanol–water partition coefficient (Wildman–Crippen LogP) is 5.10. The van der Waals surface area contributed by atoms with Crippen molar-refractivity contribution in [3.8, 4) is 11.1 Å². The van der Waals surface area contributed by atoms with Crippen molar-refractivity contribution in [2.75, 3.05) is 13.1 Å². The molecule has 3 aliphatic rings. The predicted molar refractivity (Wildman–Crippen MR) is 126 cm³/mol. The molecule has 1 fully saturated rings. The molecular weight excluding hydrogens is 382 g/mol. The van der Waals surface area contributed by atoms with Gasteiger partial charge in [0, 0.05) is 25.8 Å². The van der Waals surface area contributed by atoms with Gasteiger partial charge in [-0.15, -0.1) is 0 Å². The monoisotopic (exact) mass is 413 g/mol. The molecule has 4 heteroatoms. The van der Waals surface area contributed by atoms with Crippen LogP contribution in [-0.4, -0.2) is 28.9 Å². The fourth-order valence-electron chi connectivity index (χ4n) is 4.41. The van der Waals surface area contributed by atoms with Crippen LogP contribution in [-0.2, 0) is 13.0 Å². The van der Waals surface area contributed by atoms with Crippen LogP contribution in [0, 0.1) is 6.92 Å². The molecule has 1 aromatic carbocycles. The van der Waals surface area contributed by atoms with Crippen molar-refractivity contribution in [2.45, 2.75) is 45.6 Å². The number of pyridine rings is 1. The van der Waals surface area contributed by atoms with Crippen molar-refractivity contribution in [1.29, 1.82) is 0 Å². The molecule has 0 spiro atoms. The van der Waals surface area contributed by atoms with Crippen molar-refractivity contribution in [3.63, 3.8) is 0 Å². The van der Waals surface area contributed by atoms with Gasteiger partial charge in [0.2, 0.25) is 0 Å². The second-order valence-electron chi connectivity index (χ2n) is 8.39. The zero-order valence-electron chi connectivity index (χ0n) is 18.5. The first kappa shape index (κ1) is 21.3. The third-order valence-corrected chi connectivity index (χ3v) is 6.37. The highest BCUT2D eigenvalue weighted by Crippen LogP contribution is 2.33. The van der Waals surface area contributed by atoms with Gasteiger partial charge < -0.3 is 10.6 Å². The largest absolute Gasteiger partial charge is 0.339 e. The summed E-state index contributed by atoms with van der Waals surface area (Å²) < 4.78 is 0. The Kier molecular flexibility index (Phi) is 6.47. The normalized spacial score (nSPS) is 14.6. The molecule has 1 saturated heterocycles. The first-order chi connectivity index (χ1) is 15.1. The Hall–Kier alpha value is -2.98. The number of likely N-dealkylation sites (tertiary alicyclic amines) is 1. The summed E-state index contributed by atoms with van der Waals surface area (Å²) in [6, 6.07) is 18.7. The summed E-state index contributed by atoms with van der Waals surface area (Å²) in [5.74, 6) is 0.630. The number of piperidine rings is 1. The number of amides is 1. The number of rotatable bonds is 4. The molecule has 160 valence electrons. The van der Waals surface area contributed by atoms with Crippen molar-refractivity contribution >= 4 is 5.91 Å². The van der Waals surface area contributed by atoms with Gasteiger partial charge in [0.15, 0.2) is 0 Å². The topological polar surface area (TPSA) is 59.2 Å². The minimum Gasteiger partial charge on any atom is -0.339 e. The highest BCUT2D eigenvalue weighted by molar-refractivity contribution is 5.95. The van der Waals surface area contributed by atoms with Crippen LogP contribution in [0.5, 0.6) is 0 Å². The third kappa shape index (κ3) is 4.86. The molecule has 0 bridgehead atoms. The van der Waals surface area contributed by atoms with E-state index in [9.17, 15) is 4.79 Å².